The second-order valence-electron chi connectivity index (χ2n) is 4.42. The van der Waals surface area contributed by atoms with E-state index in [0.29, 0.717) is 0 Å². The number of allylic oxidation sites excluding steroid dienone is 2. The Morgan fingerprint density at radius 2 is 2.10 bits per heavy atom. The summed E-state index contributed by atoms with van der Waals surface area (Å²) in [5.41, 5.74) is 1.17. The van der Waals surface area contributed by atoms with Crippen LogP contribution in [-0.2, 0) is 10.5 Å². The lowest BCUT2D eigenvalue weighted by Crippen LogP contribution is -2.36. The number of hydrogen-bond acceptors (Lipinski definition) is 4. The second kappa shape index (κ2) is 6.52. The minimum absolute atomic E-state index is 0.585. The van der Waals surface area contributed by atoms with E-state index in [1.54, 1.807) is 43.0 Å². The Labute approximate surface area is 122 Å². The Morgan fingerprint density at radius 1 is 1.40 bits per heavy atom. The molecule has 1 N–H and O–H groups in total. The Kier molecular flexibility index (Phi) is 4.74. The van der Waals surface area contributed by atoms with Crippen LogP contribution >= 0.6 is 11.8 Å². The van der Waals surface area contributed by atoms with Crippen LogP contribution in [0.4, 0.5) is 0 Å². The molecular formula is C15H17NO3S. The summed E-state index contributed by atoms with van der Waals surface area (Å²) in [6, 6.07) is 7.29. The zero-order valence-electron chi connectivity index (χ0n) is 11.4. The predicted molar refractivity (Wildman–Crippen MR) is 80.7 cm³/mol. The fourth-order valence-electron chi connectivity index (χ4n) is 1.90. The SMILES string of the molecule is COc1ccc(CSC2=CC=CC(C(=O)O)N2C)cc1. The van der Waals surface area contributed by atoms with Gasteiger partial charge in [0.25, 0.3) is 0 Å². The van der Waals surface area contributed by atoms with Crippen LogP contribution in [0.1, 0.15) is 5.56 Å². The first kappa shape index (κ1) is 14.5. The summed E-state index contributed by atoms with van der Waals surface area (Å²) in [4.78, 5) is 12.9. The zero-order chi connectivity index (χ0) is 14.5. The van der Waals surface area contributed by atoms with Gasteiger partial charge >= 0.3 is 5.97 Å². The van der Waals surface area contributed by atoms with E-state index >= 15 is 0 Å². The molecular weight excluding hydrogens is 274 g/mol. The molecule has 5 heteroatoms. The van der Waals surface area contributed by atoms with Gasteiger partial charge in [-0.05, 0) is 23.8 Å². The molecule has 0 bridgehead atoms. The van der Waals surface area contributed by atoms with Crippen LogP contribution in [0.2, 0.25) is 0 Å². The maximum absolute atomic E-state index is 11.1. The van der Waals surface area contributed by atoms with E-state index < -0.39 is 12.0 Å². The molecule has 1 atom stereocenters. The van der Waals surface area contributed by atoms with E-state index in [4.69, 9.17) is 9.84 Å². The van der Waals surface area contributed by atoms with Gasteiger partial charge in [0.2, 0.25) is 0 Å². The van der Waals surface area contributed by atoms with Crippen molar-refractivity contribution in [1.29, 1.82) is 0 Å². The molecule has 0 aromatic heterocycles. The average Bonchev–Trinajstić information content (AvgIpc) is 2.46. The second-order valence-corrected chi connectivity index (χ2v) is 5.42. The highest BCUT2D eigenvalue weighted by atomic mass is 32.2. The van der Waals surface area contributed by atoms with Crippen molar-refractivity contribution in [1.82, 2.24) is 4.90 Å². The molecule has 4 nitrogen and oxygen atoms in total. The number of ether oxygens (including phenoxy) is 1. The van der Waals surface area contributed by atoms with Gasteiger partial charge in [0.05, 0.1) is 12.1 Å². The average molecular weight is 291 g/mol. The number of hydrogen-bond donors (Lipinski definition) is 1. The molecule has 0 fully saturated rings. The predicted octanol–water partition coefficient (Wildman–Crippen LogP) is 2.72. The molecule has 0 saturated heterocycles. The molecule has 0 spiro atoms. The molecule has 0 aliphatic carbocycles. The monoisotopic (exact) mass is 291 g/mol. The van der Waals surface area contributed by atoms with Gasteiger partial charge in [0, 0.05) is 12.8 Å². The molecule has 0 radical (unpaired) electrons. The van der Waals surface area contributed by atoms with Crippen molar-refractivity contribution in [2.75, 3.05) is 14.2 Å². The third kappa shape index (κ3) is 3.36. The smallest absolute Gasteiger partial charge is 0.330 e. The standard InChI is InChI=1S/C15H17NO3S/c1-16-13(15(17)18)4-3-5-14(16)20-10-11-6-8-12(19-2)9-7-11/h3-9,13H,10H2,1-2H3,(H,17,18). The summed E-state index contributed by atoms with van der Waals surface area (Å²) < 4.78 is 5.12. The van der Waals surface area contributed by atoms with Crippen molar-refractivity contribution in [2.45, 2.75) is 11.8 Å². The topological polar surface area (TPSA) is 49.8 Å². The molecule has 20 heavy (non-hydrogen) atoms. The van der Waals surface area contributed by atoms with Gasteiger partial charge in [0.15, 0.2) is 0 Å². The molecule has 2 rings (SSSR count). The Morgan fingerprint density at radius 3 is 2.70 bits per heavy atom. The Hall–Kier alpha value is -1.88. The van der Waals surface area contributed by atoms with E-state index in [0.717, 1.165) is 16.5 Å². The van der Waals surface area contributed by atoms with Crippen molar-refractivity contribution in [3.63, 3.8) is 0 Å². The number of benzene rings is 1. The van der Waals surface area contributed by atoms with E-state index in [-0.39, 0.29) is 0 Å². The van der Waals surface area contributed by atoms with Crippen LogP contribution in [0, 0.1) is 0 Å². The van der Waals surface area contributed by atoms with Crippen LogP contribution in [0.5, 0.6) is 5.75 Å². The highest BCUT2D eigenvalue weighted by Gasteiger charge is 2.23. The van der Waals surface area contributed by atoms with Crippen molar-refractivity contribution < 1.29 is 14.6 Å². The zero-order valence-corrected chi connectivity index (χ0v) is 12.3. The van der Waals surface area contributed by atoms with Crippen molar-refractivity contribution in [2.24, 2.45) is 0 Å². The van der Waals surface area contributed by atoms with Crippen molar-refractivity contribution in [3.05, 3.63) is 53.1 Å². The van der Waals surface area contributed by atoms with Crippen LogP contribution in [0.25, 0.3) is 0 Å². The number of likely N-dealkylation sites (N-methyl/N-ethyl adjacent to an activating group) is 1. The van der Waals surface area contributed by atoms with Crippen LogP contribution in [0.3, 0.4) is 0 Å². The van der Waals surface area contributed by atoms with Gasteiger partial charge in [-0.15, -0.1) is 11.8 Å². The lowest BCUT2D eigenvalue weighted by atomic mass is 10.2. The summed E-state index contributed by atoms with van der Waals surface area (Å²) >= 11 is 1.62. The Balaban J connectivity index is 1.97. The minimum atomic E-state index is -0.834. The van der Waals surface area contributed by atoms with Crippen LogP contribution in [0.15, 0.2) is 47.5 Å². The molecule has 1 aromatic rings. The van der Waals surface area contributed by atoms with E-state index in [1.165, 1.54) is 5.56 Å². The normalized spacial score (nSPS) is 17.8. The van der Waals surface area contributed by atoms with E-state index in [1.807, 2.05) is 30.3 Å². The summed E-state index contributed by atoms with van der Waals surface area (Å²) in [5, 5.41) is 10.1. The number of aliphatic carboxylic acids is 1. The number of rotatable bonds is 5. The quantitative estimate of drug-likeness (QED) is 0.904. The number of carboxylic acid groups (broad SMARTS) is 1. The number of carbonyl (C=O) groups is 1. The number of carboxylic acids is 1. The number of nitrogens with zero attached hydrogens (tertiary/aromatic N) is 1. The third-order valence-electron chi connectivity index (χ3n) is 3.10. The van der Waals surface area contributed by atoms with Gasteiger partial charge < -0.3 is 14.7 Å². The number of thioether (sulfide) groups is 1. The fraction of sp³-hybridized carbons (Fsp3) is 0.267. The lowest BCUT2D eigenvalue weighted by molar-refractivity contribution is -0.140. The number of methoxy groups -OCH3 is 1. The molecule has 1 heterocycles. The van der Waals surface area contributed by atoms with Crippen LogP contribution < -0.4 is 4.74 Å². The molecule has 1 aromatic carbocycles. The summed E-state index contributed by atoms with van der Waals surface area (Å²) in [6.45, 7) is 0. The first-order valence-corrected chi connectivity index (χ1v) is 7.20. The van der Waals surface area contributed by atoms with Crippen LogP contribution in [-0.4, -0.2) is 36.2 Å². The molecule has 106 valence electrons. The molecule has 0 amide bonds. The summed E-state index contributed by atoms with van der Waals surface area (Å²) in [6.07, 6.45) is 5.42. The van der Waals surface area contributed by atoms with E-state index in [2.05, 4.69) is 0 Å². The molecule has 0 saturated carbocycles. The fourth-order valence-corrected chi connectivity index (χ4v) is 2.90. The van der Waals surface area contributed by atoms with Crippen molar-refractivity contribution in [3.8, 4) is 5.75 Å². The van der Waals surface area contributed by atoms with Gasteiger partial charge in [-0.25, -0.2) is 4.79 Å². The molecule has 1 unspecified atom stereocenters. The van der Waals surface area contributed by atoms with Crippen molar-refractivity contribution >= 4 is 17.7 Å². The maximum atomic E-state index is 11.1. The summed E-state index contributed by atoms with van der Waals surface area (Å²) in [7, 11) is 3.44. The van der Waals surface area contributed by atoms with Gasteiger partial charge in [-0.1, -0.05) is 24.3 Å². The van der Waals surface area contributed by atoms with E-state index in [9.17, 15) is 4.79 Å². The highest BCUT2D eigenvalue weighted by molar-refractivity contribution is 8.02. The van der Waals surface area contributed by atoms with Gasteiger partial charge in [-0.2, -0.15) is 0 Å². The first-order chi connectivity index (χ1) is 9.61. The van der Waals surface area contributed by atoms with Gasteiger partial charge in [-0.3, -0.25) is 0 Å². The minimum Gasteiger partial charge on any atom is -0.497 e. The maximum Gasteiger partial charge on any atom is 0.330 e. The molecule has 1 aliphatic rings. The Bertz CT molecular complexity index is 537. The lowest BCUT2D eigenvalue weighted by Gasteiger charge is -2.28. The van der Waals surface area contributed by atoms with Gasteiger partial charge in [0.1, 0.15) is 11.8 Å². The first-order valence-electron chi connectivity index (χ1n) is 6.21. The largest absolute Gasteiger partial charge is 0.497 e. The third-order valence-corrected chi connectivity index (χ3v) is 4.29. The molecule has 1 aliphatic heterocycles. The summed E-state index contributed by atoms with van der Waals surface area (Å²) in [5.74, 6) is 0.793. The highest BCUT2D eigenvalue weighted by Crippen LogP contribution is 2.28.